The molecule has 0 heterocycles. The average molecular weight is 1160 g/mol. The zero-order valence-corrected chi connectivity index (χ0v) is 54.9. The molecule has 0 aromatic heterocycles. The fraction of sp³-hybridized carbons (Fsp3) is 0.671. The summed E-state index contributed by atoms with van der Waals surface area (Å²) in [7, 11) is 0. The molecule has 0 rings (SSSR count). The van der Waals surface area contributed by atoms with Crippen LogP contribution in [0.4, 0.5) is 0 Å². The van der Waals surface area contributed by atoms with Crippen molar-refractivity contribution >= 4 is 11.9 Å². The predicted molar refractivity (Wildman–Crippen MR) is 371 cm³/mol. The van der Waals surface area contributed by atoms with Crippen molar-refractivity contribution in [3.05, 3.63) is 146 Å². The van der Waals surface area contributed by atoms with Crippen LogP contribution in [0.3, 0.4) is 0 Å². The average Bonchev–Trinajstić information content (AvgIpc) is 3.51. The molecule has 0 aliphatic rings. The highest BCUT2D eigenvalue weighted by Gasteiger charge is 2.16. The van der Waals surface area contributed by atoms with Crippen LogP contribution in [0.2, 0.25) is 0 Å². The summed E-state index contributed by atoms with van der Waals surface area (Å²) < 4.78 is 10.8. The van der Waals surface area contributed by atoms with E-state index in [2.05, 4.69) is 160 Å². The van der Waals surface area contributed by atoms with Gasteiger partial charge in [-0.25, -0.2) is 0 Å². The second-order valence-corrected chi connectivity index (χ2v) is 23.2. The van der Waals surface area contributed by atoms with Gasteiger partial charge >= 0.3 is 11.9 Å². The van der Waals surface area contributed by atoms with Crippen molar-refractivity contribution in [3.63, 3.8) is 0 Å². The van der Waals surface area contributed by atoms with E-state index >= 15 is 0 Å². The van der Waals surface area contributed by atoms with Gasteiger partial charge in [0.15, 0.2) is 6.10 Å². The summed E-state index contributed by atoms with van der Waals surface area (Å²) in [6, 6.07) is 0. The van der Waals surface area contributed by atoms with Gasteiger partial charge in [-0.3, -0.25) is 9.59 Å². The molecule has 0 amide bonds. The van der Waals surface area contributed by atoms with Gasteiger partial charge in [-0.15, -0.1) is 0 Å². The van der Waals surface area contributed by atoms with Gasteiger partial charge in [0.05, 0.1) is 6.61 Å². The van der Waals surface area contributed by atoms with Gasteiger partial charge in [0.25, 0.3) is 0 Å². The number of hydrogen-bond donors (Lipinski definition) is 1. The molecule has 0 aliphatic carbocycles. The van der Waals surface area contributed by atoms with Crippen LogP contribution in [0.15, 0.2) is 146 Å². The minimum Gasteiger partial charge on any atom is -0.462 e. The van der Waals surface area contributed by atoms with Gasteiger partial charge in [0.2, 0.25) is 0 Å². The number of rotatable bonds is 64. The molecule has 0 radical (unpaired) electrons. The second-order valence-electron chi connectivity index (χ2n) is 23.2. The fourth-order valence-electron chi connectivity index (χ4n) is 9.85. The highest BCUT2D eigenvalue weighted by atomic mass is 16.6. The number of ether oxygens (including phenoxy) is 2. The SMILES string of the molecule is CC/C=C\C/C=C\C/C=C\C/C=C\C/C=C\C/C=C\C/C=C\C/C=C\C/C=C\C/C=C\CCCCCCCCCCC(=O)OC(CO)COC(=O)CCCCCCCCCCCCCCCCCCCCC/C=C\C/C=C\CCCCCCC. The number of esters is 2. The maximum absolute atomic E-state index is 12.4. The van der Waals surface area contributed by atoms with Gasteiger partial charge in [0.1, 0.15) is 6.61 Å². The molecule has 1 unspecified atom stereocenters. The number of hydrogen-bond acceptors (Lipinski definition) is 5. The van der Waals surface area contributed by atoms with E-state index in [0.29, 0.717) is 12.8 Å². The number of carbonyl (C=O) groups is 2. The monoisotopic (exact) mass is 1160 g/mol. The largest absolute Gasteiger partial charge is 0.462 e. The van der Waals surface area contributed by atoms with Crippen molar-refractivity contribution < 1.29 is 24.2 Å². The number of aliphatic hydroxyl groups is 1. The van der Waals surface area contributed by atoms with Crippen molar-refractivity contribution in [2.24, 2.45) is 0 Å². The first-order valence-corrected chi connectivity index (χ1v) is 35.4. The summed E-state index contributed by atoms with van der Waals surface area (Å²) in [6.07, 6.45) is 110. The summed E-state index contributed by atoms with van der Waals surface area (Å²) in [5, 5.41) is 9.71. The van der Waals surface area contributed by atoms with Gasteiger partial charge < -0.3 is 14.6 Å². The van der Waals surface area contributed by atoms with E-state index in [4.69, 9.17) is 9.47 Å². The molecule has 0 bridgehead atoms. The van der Waals surface area contributed by atoms with E-state index in [1.54, 1.807) is 0 Å². The van der Waals surface area contributed by atoms with E-state index < -0.39 is 6.10 Å². The third kappa shape index (κ3) is 70.3. The molecule has 0 fully saturated rings. The molecule has 1 atom stereocenters. The normalized spacial score (nSPS) is 13.1. The number of carbonyl (C=O) groups excluding carboxylic acids is 2. The van der Waals surface area contributed by atoms with Crippen LogP contribution in [0.1, 0.15) is 322 Å². The molecule has 5 heteroatoms. The first kappa shape index (κ1) is 79.8. The third-order valence-corrected chi connectivity index (χ3v) is 15.1. The van der Waals surface area contributed by atoms with Gasteiger partial charge in [-0.05, 0) is 122 Å². The van der Waals surface area contributed by atoms with E-state index in [1.807, 2.05) is 0 Å². The lowest BCUT2D eigenvalue weighted by Crippen LogP contribution is -2.28. The first-order chi connectivity index (χ1) is 41.6. The summed E-state index contributed by atoms with van der Waals surface area (Å²) >= 11 is 0. The van der Waals surface area contributed by atoms with Crippen LogP contribution in [0, 0.1) is 0 Å². The van der Waals surface area contributed by atoms with Crippen LogP contribution in [-0.4, -0.2) is 36.4 Å². The fourth-order valence-corrected chi connectivity index (χ4v) is 9.85. The van der Waals surface area contributed by atoms with Gasteiger partial charge in [-0.2, -0.15) is 0 Å². The Balaban J connectivity index is 3.54. The van der Waals surface area contributed by atoms with Crippen LogP contribution < -0.4 is 0 Å². The standard InChI is InChI=1S/C79H132O5/c1-3-5-7-9-11-13-15-17-19-21-23-25-27-29-31-33-35-36-37-38-39-40-41-42-44-46-48-50-52-54-56-58-60-62-64-66-68-70-72-74-79(82)84-77(75-80)76-83-78(81)73-71-69-67-65-63-61-59-57-55-53-51-49-47-45-43-34-32-30-28-26-24-22-20-18-16-14-12-10-8-6-4-2/h5,7,11,13,16-19,22-25,29,31,35-36,38-39,41-42,46,48,52,54,77,80H,3-4,6,8-10,12,14-15,20-21,26-28,30,32-34,37,40,43-45,47,49-51,53,55-76H2,1-2H3/b7-5-,13-11-,18-16-,19-17-,24-22-,25-23-,31-29-,36-35-,39-38-,42-41-,48-46-,54-52-. The zero-order chi connectivity index (χ0) is 60.5. The Morgan fingerprint density at radius 3 is 0.774 bits per heavy atom. The van der Waals surface area contributed by atoms with Crippen LogP contribution in [0.5, 0.6) is 0 Å². The summed E-state index contributed by atoms with van der Waals surface area (Å²) in [6.45, 7) is 4.03. The van der Waals surface area contributed by atoms with Gasteiger partial charge in [0, 0.05) is 12.8 Å². The van der Waals surface area contributed by atoms with E-state index in [-0.39, 0.29) is 25.2 Å². The lowest BCUT2D eigenvalue weighted by molar-refractivity contribution is -0.161. The number of unbranched alkanes of at least 4 members (excludes halogenated alkanes) is 32. The Kier molecular flexibility index (Phi) is 69.4. The smallest absolute Gasteiger partial charge is 0.306 e. The van der Waals surface area contributed by atoms with Crippen molar-refractivity contribution in [1.82, 2.24) is 0 Å². The molecular weight excluding hydrogens is 1030 g/mol. The van der Waals surface area contributed by atoms with Crippen LogP contribution in [0.25, 0.3) is 0 Å². The Morgan fingerprint density at radius 2 is 0.512 bits per heavy atom. The molecule has 84 heavy (non-hydrogen) atoms. The Hall–Kier alpha value is -4.22. The highest BCUT2D eigenvalue weighted by molar-refractivity contribution is 5.70. The van der Waals surface area contributed by atoms with Gasteiger partial charge in [-0.1, -0.05) is 333 Å². The molecular formula is C79H132O5. The minimum atomic E-state index is -0.787. The minimum absolute atomic E-state index is 0.0741. The highest BCUT2D eigenvalue weighted by Crippen LogP contribution is 2.17. The summed E-state index contributed by atoms with van der Waals surface area (Å²) in [5.41, 5.74) is 0. The molecule has 0 saturated carbocycles. The van der Waals surface area contributed by atoms with E-state index in [1.165, 1.54) is 180 Å². The predicted octanol–water partition coefficient (Wildman–Crippen LogP) is 24.9. The van der Waals surface area contributed by atoms with E-state index in [9.17, 15) is 14.7 Å². The maximum atomic E-state index is 12.4. The second kappa shape index (κ2) is 73.0. The molecule has 0 saturated heterocycles. The maximum Gasteiger partial charge on any atom is 0.306 e. The molecule has 478 valence electrons. The topological polar surface area (TPSA) is 72.8 Å². The molecule has 0 aliphatic heterocycles. The molecule has 0 spiro atoms. The molecule has 0 aromatic rings. The van der Waals surface area contributed by atoms with Crippen molar-refractivity contribution in [1.29, 1.82) is 0 Å². The number of aliphatic hydroxyl groups excluding tert-OH is 1. The first-order valence-electron chi connectivity index (χ1n) is 35.4. The van der Waals surface area contributed by atoms with Crippen molar-refractivity contribution in [3.8, 4) is 0 Å². The summed E-state index contributed by atoms with van der Waals surface area (Å²) in [4.78, 5) is 24.7. The Bertz CT molecular complexity index is 1750. The lowest BCUT2D eigenvalue weighted by atomic mass is 10.0. The van der Waals surface area contributed by atoms with Crippen LogP contribution in [-0.2, 0) is 19.1 Å². The summed E-state index contributed by atoms with van der Waals surface area (Å²) in [5.74, 6) is -0.597. The Morgan fingerprint density at radius 1 is 0.286 bits per heavy atom. The molecule has 1 N–H and O–H groups in total. The molecule has 5 nitrogen and oxygen atoms in total. The Labute approximate surface area is 520 Å². The van der Waals surface area contributed by atoms with Crippen molar-refractivity contribution in [2.45, 2.75) is 328 Å². The third-order valence-electron chi connectivity index (χ3n) is 15.1. The molecule has 0 aromatic carbocycles. The van der Waals surface area contributed by atoms with Crippen molar-refractivity contribution in [2.75, 3.05) is 13.2 Å². The number of allylic oxidation sites excluding steroid dienone is 24. The van der Waals surface area contributed by atoms with E-state index in [0.717, 1.165) is 116 Å². The van der Waals surface area contributed by atoms with Crippen LogP contribution >= 0.6 is 0 Å². The lowest BCUT2D eigenvalue weighted by Gasteiger charge is -2.15. The quantitative estimate of drug-likeness (QED) is 0.0373. The zero-order valence-electron chi connectivity index (χ0n) is 54.9.